The molecule has 134 valence electrons. The van der Waals surface area contributed by atoms with E-state index < -0.39 is 0 Å². The van der Waals surface area contributed by atoms with Crippen molar-refractivity contribution in [1.29, 1.82) is 5.26 Å². The highest BCUT2D eigenvalue weighted by molar-refractivity contribution is 5.49. The van der Waals surface area contributed by atoms with E-state index in [9.17, 15) is 0 Å². The Kier molecular flexibility index (Phi) is 6.07. The van der Waals surface area contributed by atoms with Crippen molar-refractivity contribution in [2.24, 2.45) is 7.05 Å². The number of hydrogen-bond acceptors (Lipinski definition) is 4. The van der Waals surface area contributed by atoms with E-state index in [4.69, 9.17) is 5.26 Å². The molecule has 0 aliphatic rings. The minimum absolute atomic E-state index is 0.680. The molecule has 6 heteroatoms. The van der Waals surface area contributed by atoms with Crippen LogP contribution in [-0.4, -0.2) is 33.8 Å². The topological polar surface area (TPSA) is 61.8 Å². The minimum Gasteiger partial charge on any atom is -0.364 e. The van der Waals surface area contributed by atoms with Gasteiger partial charge in [-0.05, 0) is 36.4 Å². The number of anilines is 1. The predicted molar refractivity (Wildman–Crippen MR) is 103 cm³/mol. The summed E-state index contributed by atoms with van der Waals surface area (Å²) in [5.74, 6) is 0. The van der Waals surface area contributed by atoms with Crippen molar-refractivity contribution < 1.29 is 0 Å². The van der Waals surface area contributed by atoms with Crippen LogP contribution in [0.15, 0.2) is 61.3 Å². The second kappa shape index (κ2) is 8.88. The monoisotopic (exact) mass is 348 g/mol. The Morgan fingerprint density at radius 2 is 1.92 bits per heavy atom. The fourth-order valence-corrected chi connectivity index (χ4v) is 2.85. The van der Waals surface area contributed by atoms with Gasteiger partial charge in [-0.15, -0.1) is 0 Å². The maximum Gasteiger partial charge on any atom is 0.0991 e. The Labute approximate surface area is 154 Å². The molecule has 26 heavy (non-hydrogen) atoms. The van der Waals surface area contributed by atoms with Crippen molar-refractivity contribution in [2.75, 3.05) is 24.5 Å². The summed E-state index contributed by atoms with van der Waals surface area (Å²) >= 11 is 0. The molecule has 3 rings (SSSR count). The summed E-state index contributed by atoms with van der Waals surface area (Å²) in [5, 5.41) is 12.5. The van der Waals surface area contributed by atoms with Crippen LogP contribution in [0.2, 0.25) is 0 Å². The van der Waals surface area contributed by atoms with Crippen molar-refractivity contribution in [2.45, 2.75) is 13.1 Å². The third-order valence-electron chi connectivity index (χ3n) is 4.40. The first-order valence-electron chi connectivity index (χ1n) is 8.78. The standard InChI is InChI=1S/C20H24N6/c1-24-17-23-15-20(24)16-26(19-6-4-18(14-21)5-7-19)13-9-22-8-12-25-10-2-3-11-25/h2-7,10-11,15,17,22H,8-9,12-13,16H2,1H3. The zero-order chi connectivity index (χ0) is 18.2. The van der Waals surface area contributed by atoms with Crippen LogP contribution in [0, 0.1) is 11.3 Å². The van der Waals surface area contributed by atoms with E-state index >= 15 is 0 Å². The number of benzene rings is 1. The quantitative estimate of drug-likeness (QED) is 0.603. The maximum absolute atomic E-state index is 9.00. The molecule has 3 aromatic rings. The molecular weight excluding hydrogens is 324 g/mol. The van der Waals surface area contributed by atoms with Gasteiger partial charge < -0.3 is 19.4 Å². The molecule has 0 aliphatic heterocycles. The van der Waals surface area contributed by atoms with Crippen LogP contribution < -0.4 is 10.2 Å². The van der Waals surface area contributed by atoms with Gasteiger partial charge in [-0.25, -0.2) is 4.98 Å². The third kappa shape index (κ3) is 4.74. The van der Waals surface area contributed by atoms with Gasteiger partial charge in [0.2, 0.25) is 0 Å². The first kappa shape index (κ1) is 17.8. The lowest BCUT2D eigenvalue weighted by Crippen LogP contribution is -2.33. The van der Waals surface area contributed by atoms with Crippen molar-refractivity contribution >= 4 is 5.69 Å². The summed E-state index contributed by atoms with van der Waals surface area (Å²) in [7, 11) is 2.01. The lowest BCUT2D eigenvalue weighted by Gasteiger charge is -2.25. The Morgan fingerprint density at radius 1 is 1.15 bits per heavy atom. The second-order valence-electron chi connectivity index (χ2n) is 6.25. The number of nitrogens with zero attached hydrogens (tertiary/aromatic N) is 5. The smallest absolute Gasteiger partial charge is 0.0991 e. The van der Waals surface area contributed by atoms with Crippen molar-refractivity contribution in [3.8, 4) is 6.07 Å². The van der Waals surface area contributed by atoms with Gasteiger partial charge in [0.1, 0.15) is 0 Å². The van der Waals surface area contributed by atoms with Crippen LogP contribution in [0.1, 0.15) is 11.3 Å². The summed E-state index contributed by atoms with van der Waals surface area (Å²) in [5.41, 5.74) is 2.94. The molecule has 2 heterocycles. The lowest BCUT2D eigenvalue weighted by molar-refractivity contribution is 0.589. The average molecular weight is 348 g/mol. The first-order chi connectivity index (χ1) is 12.8. The number of aromatic nitrogens is 3. The van der Waals surface area contributed by atoms with Crippen LogP contribution in [0.5, 0.6) is 0 Å². The Bertz CT molecular complexity index is 826. The minimum atomic E-state index is 0.680. The molecule has 1 N–H and O–H groups in total. The summed E-state index contributed by atoms with van der Waals surface area (Å²) in [6.07, 6.45) is 7.87. The van der Waals surface area contributed by atoms with Gasteiger partial charge >= 0.3 is 0 Å². The van der Waals surface area contributed by atoms with Crippen molar-refractivity contribution in [3.63, 3.8) is 0 Å². The molecule has 0 bridgehead atoms. The van der Waals surface area contributed by atoms with Crippen LogP contribution >= 0.6 is 0 Å². The van der Waals surface area contributed by atoms with Gasteiger partial charge in [-0.1, -0.05) is 0 Å². The Balaban J connectivity index is 1.58. The molecule has 1 aromatic carbocycles. The number of imidazole rings is 1. The number of aryl methyl sites for hydroxylation is 1. The fraction of sp³-hybridized carbons (Fsp3) is 0.300. The van der Waals surface area contributed by atoms with Gasteiger partial charge in [0.15, 0.2) is 0 Å². The zero-order valence-electron chi connectivity index (χ0n) is 15.0. The van der Waals surface area contributed by atoms with E-state index in [2.05, 4.69) is 38.2 Å². The third-order valence-corrected chi connectivity index (χ3v) is 4.40. The zero-order valence-corrected chi connectivity index (χ0v) is 15.0. The predicted octanol–water partition coefficient (Wildman–Crippen LogP) is 2.39. The molecule has 0 amide bonds. The molecule has 0 fully saturated rings. The Morgan fingerprint density at radius 3 is 2.58 bits per heavy atom. The van der Waals surface area contributed by atoms with Crippen LogP contribution in [0.4, 0.5) is 5.69 Å². The molecule has 0 saturated carbocycles. The van der Waals surface area contributed by atoms with Crippen LogP contribution in [0.3, 0.4) is 0 Å². The van der Waals surface area contributed by atoms with E-state index in [-0.39, 0.29) is 0 Å². The molecule has 0 aliphatic carbocycles. The first-order valence-corrected chi connectivity index (χ1v) is 8.78. The normalized spacial score (nSPS) is 10.6. The van der Waals surface area contributed by atoms with E-state index in [1.54, 1.807) is 0 Å². The highest BCUT2D eigenvalue weighted by Crippen LogP contribution is 2.17. The average Bonchev–Trinajstić information content (AvgIpc) is 3.32. The van der Waals surface area contributed by atoms with Crippen molar-refractivity contribution in [1.82, 2.24) is 19.4 Å². The van der Waals surface area contributed by atoms with Gasteiger partial charge in [-0.2, -0.15) is 5.26 Å². The number of nitriles is 1. The Hall–Kier alpha value is -3.04. The second-order valence-corrected chi connectivity index (χ2v) is 6.25. The number of nitrogens with one attached hydrogen (secondary N) is 1. The van der Waals surface area contributed by atoms with Gasteiger partial charge in [0, 0.05) is 57.5 Å². The SMILES string of the molecule is Cn1cncc1CN(CCNCCn1cccc1)c1ccc(C#N)cc1. The fourth-order valence-electron chi connectivity index (χ4n) is 2.85. The number of hydrogen-bond donors (Lipinski definition) is 1. The number of rotatable bonds is 9. The van der Waals surface area contributed by atoms with Crippen molar-refractivity contribution in [3.05, 3.63) is 72.6 Å². The lowest BCUT2D eigenvalue weighted by atomic mass is 10.2. The van der Waals surface area contributed by atoms with E-state index in [1.165, 1.54) is 0 Å². The van der Waals surface area contributed by atoms with Gasteiger partial charge in [0.05, 0.1) is 30.2 Å². The molecule has 0 radical (unpaired) electrons. The maximum atomic E-state index is 9.00. The molecule has 0 atom stereocenters. The molecule has 0 saturated heterocycles. The summed E-state index contributed by atoms with van der Waals surface area (Å²) in [6, 6.07) is 14.0. The molecule has 0 spiro atoms. The summed E-state index contributed by atoms with van der Waals surface area (Å²) in [4.78, 5) is 6.52. The van der Waals surface area contributed by atoms with E-state index in [0.29, 0.717) is 5.56 Å². The van der Waals surface area contributed by atoms with Gasteiger partial charge in [0.25, 0.3) is 0 Å². The molecule has 2 aromatic heterocycles. The van der Waals surface area contributed by atoms with E-state index in [0.717, 1.165) is 44.1 Å². The highest BCUT2D eigenvalue weighted by atomic mass is 15.2. The van der Waals surface area contributed by atoms with Gasteiger partial charge in [-0.3, -0.25) is 0 Å². The van der Waals surface area contributed by atoms with Crippen LogP contribution in [0.25, 0.3) is 0 Å². The van der Waals surface area contributed by atoms with Crippen LogP contribution in [-0.2, 0) is 20.1 Å². The molecule has 6 nitrogen and oxygen atoms in total. The highest BCUT2D eigenvalue weighted by Gasteiger charge is 2.10. The molecular formula is C20H24N6. The van der Waals surface area contributed by atoms with E-state index in [1.807, 2.05) is 60.5 Å². The summed E-state index contributed by atoms with van der Waals surface area (Å²) in [6.45, 7) is 4.44. The summed E-state index contributed by atoms with van der Waals surface area (Å²) < 4.78 is 4.21. The largest absolute Gasteiger partial charge is 0.364 e. The molecule has 0 unspecified atom stereocenters.